The van der Waals surface area contributed by atoms with Crippen LogP contribution in [0.2, 0.25) is 0 Å². The maximum absolute atomic E-state index is 11.4. The first-order chi connectivity index (χ1) is 33.0. The molecule has 2 atom stereocenters. The van der Waals surface area contributed by atoms with E-state index < -0.39 is 20.2 Å². The van der Waals surface area contributed by atoms with Crippen molar-refractivity contribution in [3.05, 3.63) is 36.4 Å². The van der Waals surface area contributed by atoms with Gasteiger partial charge in [-0.1, -0.05) is 257 Å². The molecular weight excluding hydrogens is 929 g/mol. The van der Waals surface area contributed by atoms with E-state index in [4.69, 9.17) is 0 Å². The van der Waals surface area contributed by atoms with Gasteiger partial charge in [-0.05, 0) is 49.9 Å². The normalized spacial score (nSPS) is 15.0. The van der Waals surface area contributed by atoms with E-state index in [-0.39, 0.29) is 59.9 Å². The second-order valence-corrected chi connectivity index (χ2v) is 22.9. The Bertz CT molecular complexity index is 1670. The average Bonchev–Trinajstić information content (AvgIpc) is 3.94. The van der Waals surface area contributed by atoms with Crippen molar-refractivity contribution in [2.75, 3.05) is 21.3 Å². The molecule has 4 N–H and O–H groups in total. The van der Waals surface area contributed by atoms with Gasteiger partial charge in [0.1, 0.15) is 20.2 Å². The first-order valence-electron chi connectivity index (χ1n) is 28.3. The fourth-order valence-corrected chi connectivity index (χ4v) is 11.3. The van der Waals surface area contributed by atoms with Gasteiger partial charge in [-0.15, -0.1) is 0 Å². The Kier molecular flexibility index (Phi) is 37.1. The third kappa shape index (κ3) is 29.9. The average molecular weight is 1030 g/mol. The minimum Gasteiger partial charge on any atom is -0.744 e. The molecule has 2 aliphatic heterocycles. The van der Waals surface area contributed by atoms with Crippen LogP contribution < -0.4 is 21.3 Å². The molecule has 0 fully saturated rings. The molecule has 69 heavy (non-hydrogen) atoms. The Labute approximate surface area is 453 Å². The summed E-state index contributed by atoms with van der Waals surface area (Å²) in [6.07, 6.45) is 53.9. The number of anilines is 4. The number of hydrogen-bond donors (Lipinski definition) is 4. The molecule has 4 rings (SSSR count). The molecule has 10 nitrogen and oxygen atoms in total. The van der Waals surface area contributed by atoms with Gasteiger partial charge in [-0.25, -0.2) is 16.8 Å². The van der Waals surface area contributed by atoms with Crippen LogP contribution in [0.25, 0.3) is 0 Å². The van der Waals surface area contributed by atoms with E-state index in [1.165, 1.54) is 243 Å². The molecule has 0 saturated carbocycles. The zero-order valence-electron chi connectivity index (χ0n) is 43.9. The summed E-state index contributed by atoms with van der Waals surface area (Å²) in [6, 6.07) is 9.59. The summed E-state index contributed by atoms with van der Waals surface area (Å²) in [5, 5.41) is 12.9. The zero-order chi connectivity index (χ0) is 49.0. The second-order valence-electron chi connectivity index (χ2n) is 20.3. The van der Waals surface area contributed by atoms with E-state index in [1.54, 1.807) is 12.1 Å². The third-order valence-corrected chi connectivity index (χ3v) is 15.8. The molecule has 2 unspecified atom stereocenters. The van der Waals surface area contributed by atoms with Gasteiger partial charge < -0.3 is 30.4 Å². The molecule has 2 aliphatic rings. The molecule has 0 aliphatic carbocycles. The smallest absolute Gasteiger partial charge is 0.744 e. The first-order valence-corrected chi connectivity index (χ1v) is 31.1. The summed E-state index contributed by atoms with van der Waals surface area (Å²) < 4.78 is 68.5. The molecule has 2 aromatic carbocycles. The summed E-state index contributed by atoms with van der Waals surface area (Å²) in [5.74, 6) is 0. The van der Waals surface area contributed by atoms with Gasteiger partial charge in [-0.3, -0.25) is 0 Å². The van der Waals surface area contributed by atoms with Gasteiger partial charge in [0.05, 0.1) is 44.9 Å². The number of benzene rings is 2. The summed E-state index contributed by atoms with van der Waals surface area (Å²) in [7, 11) is -8.92. The minimum atomic E-state index is -4.46. The predicted molar refractivity (Wildman–Crippen MR) is 293 cm³/mol. The van der Waals surface area contributed by atoms with Gasteiger partial charge in [0.15, 0.2) is 0 Å². The van der Waals surface area contributed by atoms with Crippen LogP contribution in [-0.4, -0.2) is 76.0 Å². The van der Waals surface area contributed by atoms with E-state index in [9.17, 15) is 25.9 Å². The second kappa shape index (κ2) is 40.1. The van der Waals surface area contributed by atoms with E-state index in [0.717, 1.165) is 25.7 Å². The van der Waals surface area contributed by atoms with Gasteiger partial charge in [0.2, 0.25) is 0 Å². The molecule has 392 valence electrons. The monoisotopic (exact) mass is 1030 g/mol. The molecule has 0 saturated heterocycles. The third-order valence-electron chi connectivity index (χ3n) is 14.1. The molecule has 0 radical (unpaired) electrons. The maximum Gasteiger partial charge on any atom is 2.00 e. The molecule has 2 heterocycles. The summed E-state index contributed by atoms with van der Waals surface area (Å²) in [4.78, 5) is -0.318. The van der Waals surface area contributed by atoms with E-state index in [2.05, 4.69) is 35.1 Å². The number of fused-ring (bicyclic) bond motifs is 2. The van der Waals surface area contributed by atoms with Crippen LogP contribution in [0.1, 0.15) is 271 Å². The van der Waals surface area contributed by atoms with Crippen LogP contribution in [0.3, 0.4) is 0 Å². The van der Waals surface area contributed by atoms with Gasteiger partial charge in [-0.2, -0.15) is 0 Å². The molecule has 13 heteroatoms. The van der Waals surface area contributed by atoms with E-state index in [0.29, 0.717) is 22.7 Å². The van der Waals surface area contributed by atoms with Gasteiger partial charge in [0, 0.05) is 0 Å². The largest absolute Gasteiger partial charge is 2.00 e. The topological polar surface area (TPSA) is 163 Å². The number of para-hydroxylation sites is 2. The first kappa shape index (κ1) is 63.8. The van der Waals surface area contributed by atoms with E-state index in [1.807, 2.05) is 12.1 Å². The standard InChI is InChI=1S/2C28H50N2O3S.Ca/c2*1-2-3-4-5-6-7-8-9-10-11-12-13-14-15-16-17-18-19-20-24-27-29-25-22-21-23-26(28(25)30-27)34(31,32)33;/h2*21-23,27,29-30H,2-20,24H2,1H3,(H,31,32,33);/q;;+2/p-2. The van der Waals surface area contributed by atoms with Crippen LogP contribution in [0.15, 0.2) is 46.2 Å². The van der Waals surface area contributed by atoms with E-state index >= 15 is 0 Å². The Morgan fingerprint density at radius 3 is 0.783 bits per heavy atom. The number of hydrogen-bond acceptors (Lipinski definition) is 10. The number of rotatable bonds is 42. The van der Waals surface area contributed by atoms with Crippen LogP contribution in [0.5, 0.6) is 0 Å². The number of unbranched alkanes of at least 4 members (excludes halogenated alkanes) is 36. The Morgan fingerprint density at radius 2 is 0.565 bits per heavy atom. The Morgan fingerprint density at radius 1 is 0.348 bits per heavy atom. The number of nitrogens with one attached hydrogen (secondary N) is 4. The van der Waals surface area contributed by atoms with Crippen LogP contribution in [-0.2, 0) is 20.2 Å². The zero-order valence-corrected chi connectivity index (χ0v) is 47.7. The van der Waals surface area contributed by atoms with Crippen molar-refractivity contribution < 1.29 is 25.9 Å². The summed E-state index contributed by atoms with van der Waals surface area (Å²) in [5.41, 5.74) is 2.28. The fourth-order valence-electron chi connectivity index (χ4n) is 9.96. The Hall–Kier alpha value is -1.28. The van der Waals surface area contributed by atoms with Crippen LogP contribution in [0, 0.1) is 0 Å². The summed E-state index contributed by atoms with van der Waals surface area (Å²) >= 11 is 0. The van der Waals surface area contributed by atoms with Gasteiger partial charge >= 0.3 is 37.7 Å². The molecule has 0 spiro atoms. The van der Waals surface area contributed by atoms with Crippen molar-refractivity contribution in [3.63, 3.8) is 0 Å². The van der Waals surface area contributed by atoms with Crippen molar-refractivity contribution in [3.8, 4) is 0 Å². The molecule has 0 amide bonds. The quantitative estimate of drug-likeness (QED) is 0.0286. The predicted octanol–water partition coefficient (Wildman–Crippen LogP) is 16.8. The molecule has 2 aromatic rings. The summed E-state index contributed by atoms with van der Waals surface area (Å²) in [6.45, 7) is 4.56. The van der Waals surface area contributed by atoms with Crippen LogP contribution >= 0.6 is 0 Å². The van der Waals surface area contributed by atoms with Crippen molar-refractivity contribution in [2.24, 2.45) is 0 Å². The Balaban J connectivity index is 0.000000467. The molecule has 0 bridgehead atoms. The van der Waals surface area contributed by atoms with Crippen molar-refractivity contribution >= 4 is 80.7 Å². The van der Waals surface area contributed by atoms with Crippen molar-refractivity contribution in [2.45, 2.75) is 293 Å². The maximum atomic E-state index is 11.4. The van der Waals surface area contributed by atoms with Gasteiger partial charge in [0.25, 0.3) is 0 Å². The van der Waals surface area contributed by atoms with Crippen molar-refractivity contribution in [1.82, 2.24) is 0 Å². The molecular formula is C56H98CaN4O6S2. The molecule has 0 aromatic heterocycles. The van der Waals surface area contributed by atoms with Crippen molar-refractivity contribution in [1.29, 1.82) is 0 Å². The fraction of sp³-hybridized carbons (Fsp3) is 0.786. The van der Waals surface area contributed by atoms with Crippen LogP contribution in [0.4, 0.5) is 22.7 Å². The SMILES string of the molecule is CCCCCCCCCCCCCCCCCCCCCC1Nc2cccc(S(=O)(=O)[O-])c2N1.CCCCCCCCCCCCCCCCCCCCCC1Nc2cccc(S(=O)(=O)[O-])c2N1.[Ca+2]. The minimum absolute atomic E-state index is 0.